The van der Waals surface area contributed by atoms with Gasteiger partial charge in [0.25, 0.3) is 0 Å². The lowest BCUT2D eigenvalue weighted by Gasteiger charge is -2.06. The standard InChI is InChI=1S/C6H14N4O2.C6H8N2.C2H4O3/c7-4(5(11)12)2-1-3-10-6(8)9;7-5-1-2-6(8)4-3-5;3-1-2(4)5/h4H,1-3,7H2,(H,11,12)(H4,8,9,10);1-4H,7-8H2;3H,1H2,(H,4,5). The molecule has 1 rings (SSSR count). The first-order valence-electron chi connectivity index (χ1n) is 7.10. The van der Waals surface area contributed by atoms with Crippen LogP contribution in [0.3, 0.4) is 0 Å². The van der Waals surface area contributed by atoms with Crippen molar-refractivity contribution in [2.75, 3.05) is 24.6 Å². The van der Waals surface area contributed by atoms with Crippen molar-refractivity contribution in [3.63, 3.8) is 0 Å². The molecule has 1 aromatic rings. The molecule has 0 aromatic heterocycles. The zero-order chi connectivity index (χ0) is 19.8. The van der Waals surface area contributed by atoms with E-state index in [-0.39, 0.29) is 5.96 Å². The maximum Gasteiger partial charge on any atom is 0.329 e. The molecule has 0 saturated heterocycles. The van der Waals surface area contributed by atoms with E-state index in [2.05, 4.69) is 5.32 Å². The lowest BCUT2D eigenvalue weighted by molar-refractivity contribution is -0.140. The van der Waals surface area contributed by atoms with Crippen LogP contribution in [0.15, 0.2) is 24.3 Å². The third-order valence-electron chi connectivity index (χ3n) is 2.40. The topological polar surface area (TPSA) is 235 Å². The van der Waals surface area contributed by atoms with Crippen molar-refractivity contribution < 1.29 is 24.9 Å². The highest BCUT2D eigenvalue weighted by atomic mass is 16.4. The number of nitrogen functional groups attached to an aromatic ring is 2. The summed E-state index contributed by atoms with van der Waals surface area (Å²) in [6.45, 7) is -0.295. The van der Waals surface area contributed by atoms with Crippen LogP contribution in [-0.2, 0) is 9.59 Å². The molecule has 0 aliphatic heterocycles. The minimum atomic E-state index is -1.19. The molecule has 0 aliphatic carbocycles. The largest absolute Gasteiger partial charge is 0.480 e. The maximum absolute atomic E-state index is 10.2. The lowest BCUT2D eigenvalue weighted by Crippen LogP contribution is -2.34. The molecule has 0 fully saturated rings. The van der Waals surface area contributed by atoms with Gasteiger partial charge in [0, 0.05) is 17.9 Å². The Hall–Kier alpha value is -3.05. The molecule has 0 saturated carbocycles. The van der Waals surface area contributed by atoms with Crippen molar-refractivity contribution >= 4 is 29.3 Å². The summed E-state index contributed by atoms with van der Waals surface area (Å²) in [7, 11) is 0. The molecule has 0 amide bonds. The Bertz CT molecular complexity index is 502. The maximum atomic E-state index is 10.2. The zero-order valence-corrected chi connectivity index (χ0v) is 13.7. The second-order valence-corrected chi connectivity index (χ2v) is 4.65. The number of benzene rings is 1. The van der Waals surface area contributed by atoms with Crippen LogP contribution < -0.4 is 28.3 Å². The number of carbonyl (C=O) groups is 2. The molecule has 0 heterocycles. The van der Waals surface area contributed by atoms with E-state index in [1.165, 1.54) is 0 Å². The first-order valence-corrected chi connectivity index (χ1v) is 7.10. The van der Waals surface area contributed by atoms with Gasteiger partial charge in [-0.25, -0.2) is 4.79 Å². The number of guanidine groups is 1. The average molecular weight is 358 g/mol. The van der Waals surface area contributed by atoms with Gasteiger partial charge in [0.15, 0.2) is 5.96 Å². The fourth-order valence-corrected chi connectivity index (χ4v) is 1.16. The first kappa shape index (κ1) is 24.2. The molecular formula is C14H26N6O5. The lowest BCUT2D eigenvalue weighted by atomic mass is 10.2. The number of anilines is 2. The molecule has 11 nitrogen and oxygen atoms in total. The Morgan fingerprint density at radius 1 is 1.12 bits per heavy atom. The Morgan fingerprint density at radius 2 is 1.52 bits per heavy atom. The predicted octanol–water partition coefficient (Wildman–Crippen LogP) is -1.42. The normalized spacial score (nSPS) is 10.2. The molecule has 0 radical (unpaired) electrons. The summed E-state index contributed by atoms with van der Waals surface area (Å²) in [5.41, 5.74) is 22.5. The van der Waals surface area contributed by atoms with Crippen LogP contribution in [0.25, 0.3) is 0 Å². The van der Waals surface area contributed by atoms with E-state index in [1.807, 2.05) is 0 Å². The van der Waals surface area contributed by atoms with Crippen LogP contribution in [-0.4, -0.2) is 52.4 Å². The van der Waals surface area contributed by atoms with Crippen molar-refractivity contribution in [1.82, 2.24) is 5.32 Å². The van der Waals surface area contributed by atoms with Gasteiger partial charge >= 0.3 is 11.9 Å². The van der Waals surface area contributed by atoms with E-state index in [4.69, 9.17) is 48.5 Å². The number of aliphatic carboxylic acids is 2. The van der Waals surface area contributed by atoms with Crippen LogP contribution in [0.5, 0.6) is 0 Å². The Kier molecular flexibility index (Phi) is 14.1. The third kappa shape index (κ3) is 18.9. The van der Waals surface area contributed by atoms with Crippen molar-refractivity contribution in [1.29, 1.82) is 5.41 Å². The number of hydrogen-bond donors (Lipinski definition) is 9. The molecular weight excluding hydrogens is 332 g/mol. The number of aliphatic hydroxyl groups is 1. The minimum absolute atomic E-state index is 0.112. The SMILES string of the molecule is N=C(N)NCCCC(N)C(=O)O.Nc1ccc(N)cc1.O=C(O)CO. The van der Waals surface area contributed by atoms with Crippen LogP contribution in [0, 0.1) is 5.41 Å². The van der Waals surface area contributed by atoms with E-state index in [1.54, 1.807) is 24.3 Å². The minimum Gasteiger partial charge on any atom is -0.480 e. The molecule has 0 aliphatic rings. The molecule has 25 heavy (non-hydrogen) atoms. The van der Waals surface area contributed by atoms with Gasteiger partial charge in [-0.05, 0) is 37.1 Å². The zero-order valence-electron chi connectivity index (χ0n) is 13.7. The van der Waals surface area contributed by atoms with Crippen molar-refractivity contribution in [3.05, 3.63) is 24.3 Å². The van der Waals surface area contributed by atoms with Crippen LogP contribution in [0.1, 0.15) is 12.8 Å². The average Bonchev–Trinajstić information content (AvgIpc) is 2.55. The highest BCUT2D eigenvalue weighted by Gasteiger charge is 2.09. The van der Waals surface area contributed by atoms with Crippen molar-refractivity contribution in [2.24, 2.45) is 11.5 Å². The summed E-state index contributed by atoms with van der Waals surface area (Å²) in [5.74, 6) is -2.30. The number of nitrogens with one attached hydrogen (secondary N) is 2. The smallest absolute Gasteiger partial charge is 0.329 e. The summed E-state index contributed by atoms with van der Waals surface area (Å²) < 4.78 is 0. The molecule has 0 bridgehead atoms. The monoisotopic (exact) mass is 358 g/mol. The Labute approximate surface area is 145 Å². The van der Waals surface area contributed by atoms with Gasteiger partial charge in [0.1, 0.15) is 12.6 Å². The van der Waals surface area contributed by atoms with Gasteiger partial charge in [-0.3, -0.25) is 10.2 Å². The van der Waals surface area contributed by atoms with Gasteiger partial charge in [0.05, 0.1) is 0 Å². The van der Waals surface area contributed by atoms with Gasteiger partial charge in [-0.2, -0.15) is 0 Å². The quantitative estimate of drug-likeness (QED) is 0.124. The number of hydrogen-bond acceptors (Lipinski definition) is 7. The number of carboxylic acid groups (broad SMARTS) is 2. The van der Waals surface area contributed by atoms with Gasteiger partial charge in [0.2, 0.25) is 0 Å². The van der Waals surface area contributed by atoms with Gasteiger partial charge in [-0.15, -0.1) is 0 Å². The summed E-state index contributed by atoms with van der Waals surface area (Å²) in [6, 6.07) is 6.27. The van der Waals surface area contributed by atoms with Crippen LogP contribution in [0.2, 0.25) is 0 Å². The van der Waals surface area contributed by atoms with Gasteiger partial charge < -0.3 is 43.6 Å². The van der Waals surface area contributed by atoms with E-state index in [9.17, 15) is 4.79 Å². The van der Waals surface area contributed by atoms with Gasteiger partial charge in [-0.1, -0.05) is 0 Å². The van der Waals surface area contributed by atoms with E-state index in [0.717, 1.165) is 11.4 Å². The highest BCUT2D eigenvalue weighted by molar-refractivity contribution is 5.74. The first-order chi connectivity index (χ1) is 11.6. The number of carboxylic acids is 2. The summed E-state index contributed by atoms with van der Waals surface area (Å²) in [6.07, 6.45) is 0.975. The Morgan fingerprint density at radius 3 is 1.80 bits per heavy atom. The Balaban J connectivity index is 0. The predicted molar refractivity (Wildman–Crippen MR) is 94.8 cm³/mol. The fraction of sp³-hybridized carbons (Fsp3) is 0.357. The van der Waals surface area contributed by atoms with Crippen LogP contribution >= 0.6 is 0 Å². The molecule has 13 N–H and O–H groups in total. The molecule has 1 unspecified atom stereocenters. The molecule has 1 atom stereocenters. The molecule has 0 spiro atoms. The fourth-order valence-electron chi connectivity index (χ4n) is 1.16. The summed E-state index contributed by atoms with van der Waals surface area (Å²) in [5, 5.41) is 32.7. The summed E-state index contributed by atoms with van der Waals surface area (Å²) in [4.78, 5) is 19.3. The molecule has 11 heteroatoms. The van der Waals surface area contributed by atoms with E-state index < -0.39 is 24.6 Å². The second kappa shape index (κ2) is 14.5. The molecule has 142 valence electrons. The summed E-state index contributed by atoms with van der Waals surface area (Å²) >= 11 is 0. The van der Waals surface area contributed by atoms with Crippen molar-refractivity contribution in [3.8, 4) is 0 Å². The second-order valence-electron chi connectivity index (χ2n) is 4.65. The van der Waals surface area contributed by atoms with E-state index in [0.29, 0.717) is 19.4 Å². The van der Waals surface area contributed by atoms with E-state index >= 15 is 0 Å². The number of nitrogens with two attached hydrogens (primary N) is 4. The number of rotatable bonds is 6. The van der Waals surface area contributed by atoms with Crippen LogP contribution in [0.4, 0.5) is 11.4 Å². The molecule has 1 aromatic carbocycles. The third-order valence-corrected chi connectivity index (χ3v) is 2.40. The number of aliphatic hydroxyl groups excluding tert-OH is 1. The highest BCUT2D eigenvalue weighted by Crippen LogP contribution is 2.04. The van der Waals surface area contributed by atoms with Crippen molar-refractivity contribution in [2.45, 2.75) is 18.9 Å².